The molecule has 4 aromatic rings. The summed E-state index contributed by atoms with van der Waals surface area (Å²) < 4.78 is 38.7. The molecule has 0 atom stereocenters. The summed E-state index contributed by atoms with van der Waals surface area (Å²) in [6, 6.07) is 16.6. The molecule has 0 unspecified atom stereocenters. The smallest absolute Gasteiger partial charge is 0.322 e. The van der Waals surface area contributed by atoms with E-state index in [0.717, 1.165) is 18.2 Å². The number of aromatic amines is 1. The molecule has 0 aliphatic rings. The van der Waals surface area contributed by atoms with Crippen molar-refractivity contribution in [3.63, 3.8) is 0 Å². The lowest BCUT2D eigenvalue weighted by atomic mass is 10.1. The van der Waals surface area contributed by atoms with Gasteiger partial charge in [-0.25, -0.2) is 5.10 Å². The van der Waals surface area contributed by atoms with E-state index >= 15 is 0 Å². The summed E-state index contributed by atoms with van der Waals surface area (Å²) in [7, 11) is 0. The minimum atomic E-state index is -4.57. The van der Waals surface area contributed by atoms with Gasteiger partial charge in [-0.1, -0.05) is 30.3 Å². The van der Waals surface area contributed by atoms with Gasteiger partial charge in [0.25, 0.3) is 17.4 Å². The van der Waals surface area contributed by atoms with Crippen LogP contribution in [0, 0.1) is 0 Å². The molecular formula is C23H15F3N4O3. The van der Waals surface area contributed by atoms with E-state index in [1.165, 1.54) is 18.2 Å². The van der Waals surface area contributed by atoms with Crippen LogP contribution in [0.15, 0.2) is 77.6 Å². The van der Waals surface area contributed by atoms with Crippen molar-refractivity contribution in [2.45, 2.75) is 6.18 Å². The van der Waals surface area contributed by atoms with Crippen LogP contribution in [0.5, 0.6) is 0 Å². The molecule has 0 aliphatic heterocycles. The van der Waals surface area contributed by atoms with Crippen LogP contribution in [0.1, 0.15) is 26.4 Å². The van der Waals surface area contributed by atoms with Crippen molar-refractivity contribution in [1.29, 1.82) is 0 Å². The molecule has 0 saturated heterocycles. The number of hydrogen-bond acceptors (Lipinski definition) is 4. The molecule has 0 aliphatic carbocycles. The molecule has 0 saturated carbocycles. The number of alkyl halides is 3. The summed E-state index contributed by atoms with van der Waals surface area (Å²) in [5.41, 5.74) is -0.960. The van der Waals surface area contributed by atoms with Crippen molar-refractivity contribution in [2.24, 2.45) is 0 Å². The molecule has 3 N–H and O–H groups in total. The number of aromatic nitrogens is 2. The predicted octanol–water partition coefficient (Wildman–Crippen LogP) is 4.45. The summed E-state index contributed by atoms with van der Waals surface area (Å²) >= 11 is 0. The summed E-state index contributed by atoms with van der Waals surface area (Å²) in [6.45, 7) is 0. The topological polar surface area (TPSA) is 104 Å². The number of fused-ring (bicyclic) bond motifs is 1. The van der Waals surface area contributed by atoms with Gasteiger partial charge in [0.05, 0.1) is 10.9 Å². The molecule has 7 nitrogen and oxygen atoms in total. The van der Waals surface area contributed by atoms with Crippen molar-refractivity contribution in [3.05, 3.63) is 100.0 Å². The Hall–Kier alpha value is -4.47. The molecule has 166 valence electrons. The first-order valence-corrected chi connectivity index (χ1v) is 9.60. The Morgan fingerprint density at radius 1 is 0.788 bits per heavy atom. The number of H-pyrrole nitrogens is 1. The lowest BCUT2D eigenvalue weighted by Crippen LogP contribution is -2.19. The molecule has 1 aromatic heterocycles. The molecule has 0 radical (unpaired) electrons. The van der Waals surface area contributed by atoms with E-state index in [1.807, 2.05) is 0 Å². The van der Waals surface area contributed by atoms with Gasteiger partial charge in [-0.05, 0) is 42.5 Å². The molecule has 33 heavy (non-hydrogen) atoms. The zero-order valence-corrected chi connectivity index (χ0v) is 16.7. The molecule has 2 amide bonds. The second-order valence-corrected chi connectivity index (χ2v) is 7.01. The molecule has 0 bridgehead atoms. The summed E-state index contributed by atoms with van der Waals surface area (Å²) in [5.74, 6) is -1.33. The average Bonchev–Trinajstić information content (AvgIpc) is 2.79. The number of nitrogens with one attached hydrogen (secondary N) is 3. The van der Waals surface area contributed by atoms with Gasteiger partial charge in [-0.2, -0.15) is 18.3 Å². The minimum Gasteiger partial charge on any atom is -0.322 e. The van der Waals surface area contributed by atoms with Gasteiger partial charge < -0.3 is 10.6 Å². The van der Waals surface area contributed by atoms with Gasteiger partial charge in [0.15, 0.2) is 5.69 Å². The standard InChI is InChI=1S/C23H15F3N4O3/c24-23(25,26)14-6-3-5-13(11-14)20(31)27-15-7-4-8-16(12-15)28-22(33)19-17-9-1-2-10-18(17)21(32)30-29-19/h1-12H,(H,27,31)(H,28,33)(H,30,32). The highest BCUT2D eigenvalue weighted by Gasteiger charge is 2.30. The number of carbonyl (C=O) groups excluding carboxylic acids is 2. The quantitative estimate of drug-likeness (QED) is 0.426. The second kappa shape index (κ2) is 8.58. The largest absolute Gasteiger partial charge is 0.416 e. The molecule has 0 spiro atoms. The Balaban J connectivity index is 1.53. The normalized spacial score (nSPS) is 11.2. The van der Waals surface area contributed by atoms with Crippen LogP contribution >= 0.6 is 0 Å². The fourth-order valence-corrected chi connectivity index (χ4v) is 3.19. The predicted molar refractivity (Wildman–Crippen MR) is 116 cm³/mol. The number of hydrogen-bond donors (Lipinski definition) is 3. The highest BCUT2D eigenvalue weighted by molar-refractivity contribution is 6.11. The van der Waals surface area contributed by atoms with Gasteiger partial charge in [-0.3, -0.25) is 14.4 Å². The molecule has 1 heterocycles. The summed E-state index contributed by atoms with van der Waals surface area (Å²) in [5, 5.41) is 11.9. The van der Waals surface area contributed by atoms with Crippen LogP contribution in [-0.2, 0) is 6.18 Å². The number of amides is 2. The van der Waals surface area contributed by atoms with E-state index in [4.69, 9.17) is 0 Å². The Labute approximate surface area is 184 Å². The third kappa shape index (κ3) is 4.74. The van der Waals surface area contributed by atoms with E-state index < -0.39 is 29.1 Å². The van der Waals surface area contributed by atoms with Crippen molar-refractivity contribution in [3.8, 4) is 0 Å². The minimum absolute atomic E-state index is 0.00334. The average molecular weight is 452 g/mol. The Morgan fingerprint density at radius 2 is 1.42 bits per heavy atom. The zero-order valence-electron chi connectivity index (χ0n) is 16.7. The van der Waals surface area contributed by atoms with Gasteiger partial charge in [0, 0.05) is 22.3 Å². The summed E-state index contributed by atoms with van der Waals surface area (Å²) in [6.07, 6.45) is -4.57. The first-order chi connectivity index (χ1) is 15.7. The Kier molecular flexibility index (Phi) is 5.65. The Bertz CT molecular complexity index is 1430. The molecular weight excluding hydrogens is 437 g/mol. The molecule has 4 rings (SSSR count). The fourth-order valence-electron chi connectivity index (χ4n) is 3.19. The highest BCUT2D eigenvalue weighted by Crippen LogP contribution is 2.29. The van der Waals surface area contributed by atoms with Crippen LogP contribution in [0.3, 0.4) is 0 Å². The summed E-state index contributed by atoms with van der Waals surface area (Å²) in [4.78, 5) is 37.1. The van der Waals surface area contributed by atoms with Crippen molar-refractivity contribution < 1.29 is 22.8 Å². The lowest BCUT2D eigenvalue weighted by Gasteiger charge is -2.11. The lowest BCUT2D eigenvalue weighted by molar-refractivity contribution is -0.137. The maximum atomic E-state index is 12.9. The van der Waals surface area contributed by atoms with Gasteiger partial charge in [0.2, 0.25) is 0 Å². The fraction of sp³-hybridized carbons (Fsp3) is 0.0435. The third-order valence-corrected chi connectivity index (χ3v) is 4.74. The van der Waals surface area contributed by atoms with Crippen molar-refractivity contribution in [1.82, 2.24) is 10.2 Å². The molecule has 3 aromatic carbocycles. The SMILES string of the molecule is O=C(Nc1cccc(NC(=O)c2n[nH]c(=O)c3ccccc23)c1)c1cccc(C(F)(F)F)c1. The first kappa shape index (κ1) is 21.8. The number of halogens is 3. The van der Waals surface area contributed by atoms with Crippen LogP contribution in [-0.4, -0.2) is 22.0 Å². The van der Waals surface area contributed by atoms with E-state index in [2.05, 4.69) is 20.8 Å². The number of benzene rings is 3. The number of rotatable bonds is 4. The number of anilines is 2. The first-order valence-electron chi connectivity index (χ1n) is 9.60. The zero-order chi connectivity index (χ0) is 23.6. The molecule has 0 fully saturated rings. The van der Waals surface area contributed by atoms with Crippen LogP contribution in [0.2, 0.25) is 0 Å². The van der Waals surface area contributed by atoms with E-state index in [9.17, 15) is 27.6 Å². The van der Waals surface area contributed by atoms with Gasteiger partial charge >= 0.3 is 6.18 Å². The second-order valence-electron chi connectivity index (χ2n) is 7.01. The van der Waals surface area contributed by atoms with E-state index in [0.29, 0.717) is 16.5 Å². The Morgan fingerprint density at radius 3 is 2.12 bits per heavy atom. The number of carbonyl (C=O) groups is 2. The number of nitrogens with zero attached hydrogens (tertiary/aromatic N) is 1. The highest BCUT2D eigenvalue weighted by atomic mass is 19.4. The third-order valence-electron chi connectivity index (χ3n) is 4.74. The monoisotopic (exact) mass is 452 g/mol. The maximum absolute atomic E-state index is 12.9. The molecule has 10 heteroatoms. The maximum Gasteiger partial charge on any atom is 0.416 e. The van der Waals surface area contributed by atoms with E-state index in [1.54, 1.807) is 36.4 Å². The van der Waals surface area contributed by atoms with Crippen LogP contribution < -0.4 is 16.2 Å². The van der Waals surface area contributed by atoms with Crippen LogP contribution in [0.4, 0.5) is 24.5 Å². The van der Waals surface area contributed by atoms with E-state index in [-0.39, 0.29) is 16.9 Å². The van der Waals surface area contributed by atoms with Gasteiger partial charge in [-0.15, -0.1) is 0 Å². The van der Waals surface area contributed by atoms with Crippen LogP contribution in [0.25, 0.3) is 10.8 Å². The van der Waals surface area contributed by atoms with Crippen molar-refractivity contribution >= 4 is 34.0 Å². The van der Waals surface area contributed by atoms with Crippen molar-refractivity contribution in [2.75, 3.05) is 10.6 Å². The van der Waals surface area contributed by atoms with Gasteiger partial charge in [0.1, 0.15) is 0 Å².